The molecule has 0 N–H and O–H groups in total. The fourth-order valence-corrected chi connectivity index (χ4v) is 3.00. The van der Waals surface area contributed by atoms with E-state index in [0.29, 0.717) is 5.95 Å². The molecule has 2 heterocycles. The van der Waals surface area contributed by atoms with E-state index in [1.165, 1.54) is 7.11 Å². The van der Waals surface area contributed by atoms with Crippen LogP contribution in [-0.4, -0.2) is 45.7 Å². The van der Waals surface area contributed by atoms with E-state index < -0.39 is 0 Å². The van der Waals surface area contributed by atoms with E-state index in [1.807, 2.05) is 11.8 Å². The maximum Gasteiger partial charge on any atom is 0.322 e. The summed E-state index contributed by atoms with van der Waals surface area (Å²) in [5.74, 6) is 1.65. The third kappa shape index (κ3) is 3.13. The molecule has 1 aromatic heterocycles. The van der Waals surface area contributed by atoms with E-state index in [0.717, 1.165) is 18.8 Å². The molecule has 0 radical (unpaired) electrons. The molecule has 0 atom stereocenters. The summed E-state index contributed by atoms with van der Waals surface area (Å²) in [5.41, 5.74) is 0. The molecule has 17 heavy (non-hydrogen) atoms. The lowest BCUT2D eigenvalue weighted by Crippen LogP contribution is -2.44. The Kier molecular flexibility index (Phi) is 3.63. The smallest absolute Gasteiger partial charge is 0.322 e. The minimum atomic E-state index is 0.169. The van der Waals surface area contributed by atoms with Crippen molar-refractivity contribution in [2.75, 3.05) is 30.9 Å². The number of anilines is 1. The molecule has 94 valence electrons. The largest absolute Gasteiger partial charge is 0.467 e. The number of rotatable bonds is 2. The molecule has 5 nitrogen and oxygen atoms in total. The third-order valence-corrected chi connectivity index (χ3v) is 3.93. The molecule has 2 rings (SSSR count). The van der Waals surface area contributed by atoms with Gasteiger partial charge in [-0.2, -0.15) is 26.7 Å². The summed E-state index contributed by atoms with van der Waals surface area (Å²) in [6.07, 6.45) is 0. The maximum atomic E-state index is 5.84. The van der Waals surface area contributed by atoms with Crippen molar-refractivity contribution in [1.29, 1.82) is 0 Å². The average molecular weight is 275 g/mol. The highest BCUT2D eigenvalue weighted by molar-refractivity contribution is 8.00. The van der Waals surface area contributed by atoms with Crippen LogP contribution in [0.5, 0.6) is 6.01 Å². The highest BCUT2D eigenvalue weighted by atomic mass is 35.5. The molecule has 0 bridgehead atoms. The Hall–Kier alpha value is -0.750. The van der Waals surface area contributed by atoms with Crippen molar-refractivity contribution in [3.05, 3.63) is 5.28 Å². The van der Waals surface area contributed by atoms with Gasteiger partial charge in [0.15, 0.2) is 0 Å². The first-order valence-electron chi connectivity index (χ1n) is 5.35. The standard InChI is InChI=1S/C10H15ClN4OS/c1-10(2)6-15(4-5-17-10)8-12-7(11)13-9(14-8)16-3/h4-6H2,1-3H3. The minimum Gasteiger partial charge on any atom is -0.467 e. The molecule has 1 fully saturated rings. The van der Waals surface area contributed by atoms with Gasteiger partial charge >= 0.3 is 6.01 Å². The van der Waals surface area contributed by atoms with Crippen molar-refractivity contribution < 1.29 is 4.74 Å². The monoisotopic (exact) mass is 274 g/mol. The predicted octanol–water partition coefficient (Wildman–Crippen LogP) is 1.87. The molecular weight excluding hydrogens is 260 g/mol. The average Bonchev–Trinajstić information content (AvgIpc) is 2.27. The lowest BCUT2D eigenvalue weighted by atomic mass is 10.2. The quantitative estimate of drug-likeness (QED) is 0.821. The number of halogens is 1. The van der Waals surface area contributed by atoms with Gasteiger partial charge < -0.3 is 9.64 Å². The van der Waals surface area contributed by atoms with Crippen LogP contribution in [0.25, 0.3) is 0 Å². The van der Waals surface area contributed by atoms with Gasteiger partial charge in [0.05, 0.1) is 7.11 Å². The lowest BCUT2D eigenvalue weighted by molar-refractivity contribution is 0.377. The van der Waals surface area contributed by atoms with Crippen LogP contribution < -0.4 is 9.64 Å². The summed E-state index contributed by atoms with van der Waals surface area (Å²) < 4.78 is 5.20. The van der Waals surface area contributed by atoms with Crippen molar-refractivity contribution in [3.8, 4) is 6.01 Å². The van der Waals surface area contributed by atoms with Crippen LogP contribution in [0.4, 0.5) is 5.95 Å². The SMILES string of the molecule is COc1nc(Cl)nc(N2CCSC(C)(C)C2)n1. The number of nitrogens with zero attached hydrogens (tertiary/aromatic N) is 4. The molecular formula is C10H15ClN4OS. The number of hydrogen-bond donors (Lipinski definition) is 0. The van der Waals surface area contributed by atoms with Gasteiger partial charge in [0.2, 0.25) is 11.2 Å². The van der Waals surface area contributed by atoms with E-state index in [2.05, 4.69) is 33.7 Å². The fraction of sp³-hybridized carbons (Fsp3) is 0.700. The van der Waals surface area contributed by atoms with Gasteiger partial charge in [-0.15, -0.1) is 0 Å². The number of ether oxygens (including phenoxy) is 1. The molecule has 1 saturated heterocycles. The van der Waals surface area contributed by atoms with Crippen molar-refractivity contribution >= 4 is 29.3 Å². The Bertz CT molecular complexity index is 415. The molecule has 0 aromatic carbocycles. The van der Waals surface area contributed by atoms with Crippen molar-refractivity contribution in [1.82, 2.24) is 15.0 Å². The number of thioether (sulfide) groups is 1. The van der Waals surface area contributed by atoms with Crippen LogP contribution in [0, 0.1) is 0 Å². The Balaban J connectivity index is 2.24. The summed E-state index contributed by atoms with van der Waals surface area (Å²) >= 11 is 7.80. The second-order valence-electron chi connectivity index (χ2n) is 4.42. The van der Waals surface area contributed by atoms with Gasteiger partial charge in [-0.25, -0.2) is 0 Å². The molecule has 1 aliphatic rings. The van der Waals surface area contributed by atoms with Crippen LogP contribution in [0.2, 0.25) is 5.28 Å². The van der Waals surface area contributed by atoms with E-state index in [9.17, 15) is 0 Å². The summed E-state index contributed by atoms with van der Waals surface area (Å²) in [4.78, 5) is 14.4. The molecule has 0 aliphatic carbocycles. The Morgan fingerprint density at radius 1 is 1.35 bits per heavy atom. The number of methoxy groups -OCH3 is 1. The van der Waals surface area contributed by atoms with Crippen LogP contribution >= 0.6 is 23.4 Å². The molecule has 0 spiro atoms. The molecule has 1 aliphatic heterocycles. The van der Waals surface area contributed by atoms with Crippen LogP contribution in [-0.2, 0) is 0 Å². The van der Waals surface area contributed by atoms with Crippen molar-refractivity contribution in [3.63, 3.8) is 0 Å². The predicted molar refractivity (Wildman–Crippen MR) is 70.1 cm³/mol. The fourth-order valence-electron chi connectivity index (χ4n) is 1.74. The number of aromatic nitrogens is 3. The van der Waals surface area contributed by atoms with Gasteiger partial charge in [-0.3, -0.25) is 0 Å². The second kappa shape index (κ2) is 4.86. The first-order valence-corrected chi connectivity index (χ1v) is 6.71. The zero-order chi connectivity index (χ0) is 12.5. The van der Waals surface area contributed by atoms with Gasteiger partial charge in [0, 0.05) is 23.6 Å². The molecule has 1 aromatic rings. The molecule has 0 amide bonds. The lowest BCUT2D eigenvalue weighted by Gasteiger charge is -2.37. The second-order valence-corrected chi connectivity index (χ2v) is 6.56. The molecule has 7 heteroatoms. The Labute approximate surface area is 110 Å². The minimum absolute atomic E-state index is 0.169. The van der Waals surface area contributed by atoms with Gasteiger partial charge in [-0.05, 0) is 25.4 Å². The van der Waals surface area contributed by atoms with Crippen LogP contribution in [0.1, 0.15) is 13.8 Å². The normalized spacial score (nSPS) is 19.2. The van der Waals surface area contributed by atoms with E-state index in [-0.39, 0.29) is 16.0 Å². The first kappa shape index (κ1) is 12.7. The van der Waals surface area contributed by atoms with E-state index in [1.54, 1.807) is 0 Å². The summed E-state index contributed by atoms with van der Waals surface area (Å²) in [6.45, 7) is 6.23. The molecule has 0 saturated carbocycles. The Morgan fingerprint density at radius 3 is 2.76 bits per heavy atom. The maximum absolute atomic E-state index is 5.84. The summed E-state index contributed by atoms with van der Waals surface area (Å²) in [7, 11) is 1.52. The highest BCUT2D eigenvalue weighted by Gasteiger charge is 2.28. The zero-order valence-corrected chi connectivity index (χ0v) is 11.7. The van der Waals surface area contributed by atoms with Gasteiger partial charge in [0.1, 0.15) is 0 Å². The van der Waals surface area contributed by atoms with Crippen molar-refractivity contribution in [2.24, 2.45) is 0 Å². The van der Waals surface area contributed by atoms with Gasteiger partial charge in [-0.1, -0.05) is 0 Å². The third-order valence-electron chi connectivity index (χ3n) is 2.47. The summed E-state index contributed by atoms with van der Waals surface area (Å²) in [6, 6.07) is 0.260. The zero-order valence-electron chi connectivity index (χ0n) is 10.1. The van der Waals surface area contributed by atoms with E-state index >= 15 is 0 Å². The topological polar surface area (TPSA) is 51.1 Å². The Morgan fingerprint density at radius 2 is 2.12 bits per heavy atom. The van der Waals surface area contributed by atoms with Crippen LogP contribution in [0.15, 0.2) is 0 Å². The number of hydrogen-bond acceptors (Lipinski definition) is 6. The van der Waals surface area contributed by atoms with Gasteiger partial charge in [0.25, 0.3) is 0 Å². The first-order chi connectivity index (χ1) is 8.00. The highest BCUT2D eigenvalue weighted by Crippen LogP contribution is 2.31. The molecule has 0 unspecified atom stereocenters. The summed E-state index contributed by atoms with van der Waals surface area (Å²) in [5, 5.41) is 0.169. The van der Waals surface area contributed by atoms with Crippen LogP contribution in [0.3, 0.4) is 0 Å². The van der Waals surface area contributed by atoms with E-state index in [4.69, 9.17) is 16.3 Å². The van der Waals surface area contributed by atoms with Crippen molar-refractivity contribution in [2.45, 2.75) is 18.6 Å².